The number of hydrogen-bond acceptors (Lipinski definition) is 3. The van der Waals surface area contributed by atoms with Crippen LogP contribution >= 0.6 is 11.6 Å². The Kier molecular flexibility index (Phi) is 5.22. The highest BCUT2D eigenvalue weighted by Crippen LogP contribution is 2.29. The number of aryl methyl sites for hydroxylation is 1. The van der Waals surface area contributed by atoms with Gasteiger partial charge in [0.05, 0.1) is 7.11 Å². The van der Waals surface area contributed by atoms with Crippen LogP contribution in [-0.4, -0.2) is 27.1 Å². The van der Waals surface area contributed by atoms with E-state index >= 15 is 0 Å². The second kappa shape index (κ2) is 7.23. The van der Waals surface area contributed by atoms with Crippen molar-refractivity contribution in [2.45, 2.75) is 24.8 Å². The van der Waals surface area contributed by atoms with Crippen molar-refractivity contribution in [2.75, 3.05) is 13.7 Å². The van der Waals surface area contributed by atoms with Crippen LogP contribution in [0.1, 0.15) is 18.9 Å². The Bertz CT molecular complexity index is 945. The normalized spacial score (nSPS) is 17.7. The minimum absolute atomic E-state index is 0.109. The number of benzene rings is 1. The summed E-state index contributed by atoms with van der Waals surface area (Å²) >= 11 is 6.06. The molecule has 1 aromatic heterocycles. The Morgan fingerprint density at radius 2 is 2.20 bits per heavy atom. The Labute approximate surface area is 152 Å². The number of halogens is 1. The first-order valence-electron chi connectivity index (χ1n) is 8.16. The van der Waals surface area contributed by atoms with E-state index in [2.05, 4.69) is 9.71 Å². The molecule has 0 spiro atoms. The quantitative estimate of drug-likeness (QED) is 0.801. The first-order chi connectivity index (χ1) is 11.9. The molecule has 3 rings (SSSR count). The van der Waals surface area contributed by atoms with Gasteiger partial charge < -0.3 is 9.72 Å². The van der Waals surface area contributed by atoms with E-state index in [1.165, 1.54) is 0 Å². The van der Waals surface area contributed by atoms with E-state index in [0.717, 1.165) is 28.6 Å². The highest BCUT2D eigenvalue weighted by Gasteiger charge is 2.23. The predicted octanol–water partition coefficient (Wildman–Crippen LogP) is 3.77. The van der Waals surface area contributed by atoms with Crippen molar-refractivity contribution in [3.8, 4) is 0 Å². The Balaban J connectivity index is 1.82. The third-order valence-corrected chi connectivity index (χ3v) is 6.04. The number of aromatic nitrogens is 1. The van der Waals surface area contributed by atoms with Crippen LogP contribution in [0.4, 0.5) is 0 Å². The maximum absolute atomic E-state index is 12.8. The number of nitrogens with one attached hydrogen (secondary N) is 2. The number of sulfonamides is 1. The molecule has 1 atom stereocenters. The third kappa shape index (κ3) is 3.76. The standard InChI is InChI=1S/C18H21ClN2O3S/c1-3-15-16-10-13(19)6-9-17(16)21-18(15)25(22,23)20-11-12-4-7-14(24-2)8-5-12/h4,6-10,12,20-21H,3,5,11H2,1-2H3. The number of rotatable bonds is 6. The van der Waals surface area contributed by atoms with Gasteiger partial charge in [0.15, 0.2) is 5.03 Å². The molecule has 134 valence electrons. The molecular weight excluding hydrogens is 360 g/mol. The molecule has 0 radical (unpaired) electrons. The number of aromatic amines is 1. The highest BCUT2D eigenvalue weighted by atomic mass is 35.5. The lowest BCUT2D eigenvalue weighted by Gasteiger charge is -2.16. The Hall–Kier alpha value is -1.76. The summed E-state index contributed by atoms with van der Waals surface area (Å²) in [7, 11) is -2.01. The average Bonchev–Trinajstić information content (AvgIpc) is 2.99. The van der Waals surface area contributed by atoms with Gasteiger partial charge >= 0.3 is 0 Å². The van der Waals surface area contributed by atoms with E-state index < -0.39 is 10.0 Å². The fourth-order valence-electron chi connectivity index (χ4n) is 3.01. The number of H-pyrrole nitrogens is 1. The average molecular weight is 381 g/mol. The summed E-state index contributed by atoms with van der Waals surface area (Å²) in [6.45, 7) is 2.27. The topological polar surface area (TPSA) is 71.2 Å². The van der Waals surface area contributed by atoms with Crippen molar-refractivity contribution in [2.24, 2.45) is 5.92 Å². The van der Waals surface area contributed by atoms with Crippen molar-refractivity contribution in [3.63, 3.8) is 0 Å². The zero-order valence-corrected chi connectivity index (χ0v) is 15.7. The molecule has 1 aromatic carbocycles. The third-order valence-electron chi connectivity index (χ3n) is 4.38. The number of allylic oxidation sites excluding steroid dienone is 2. The molecule has 1 aliphatic carbocycles. The van der Waals surface area contributed by atoms with Gasteiger partial charge in [-0.15, -0.1) is 0 Å². The number of hydrogen-bond donors (Lipinski definition) is 2. The Morgan fingerprint density at radius 1 is 1.40 bits per heavy atom. The maximum atomic E-state index is 12.8. The molecule has 0 saturated heterocycles. The lowest BCUT2D eigenvalue weighted by Crippen LogP contribution is -2.30. The molecule has 5 nitrogen and oxygen atoms in total. The van der Waals surface area contributed by atoms with Gasteiger partial charge in [0.25, 0.3) is 10.0 Å². The van der Waals surface area contributed by atoms with Crippen molar-refractivity contribution in [3.05, 3.63) is 52.8 Å². The highest BCUT2D eigenvalue weighted by molar-refractivity contribution is 7.89. The lowest BCUT2D eigenvalue weighted by molar-refractivity contribution is 0.301. The van der Waals surface area contributed by atoms with Gasteiger partial charge in [0.1, 0.15) is 5.76 Å². The van der Waals surface area contributed by atoms with E-state index in [9.17, 15) is 8.42 Å². The minimum Gasteiger partial charge on any atom is -0.497 e. The summed E-state index contributed by atoms with van der Waals surface area (Å²) in [6, 6.07) is 5.35. The largest absolute Gasteiger partial charge is 0.497 e. The van der Waals surface area contributed by atoms with Gasteiger partial charge in [-0.2, -0.15) is 0 Å². The van der Waals surface area contributed by atoms with Crippen molar-refractivity contribution < 1.29 is 13.2 Å². The molecule has 0 bridgehead atoms. The summed E-state index contributed by atoms with van der Waals surface area (Å²) in [5.74, 6) is 0.914. The first kappa shape index (κ1) is 18.0. The van der Waals surface area contributed by atoms with Crippen LogP contribution in [0.2, 0.25) is 5.02 Å². The van der Waals surface area contributed by atoms with Crippen molar-refractivity contribution in [1.82, 2.24) is 9.71 Å². The van der Waals surface area contributed by atoms with Crippen LogP contribution in [0.5, 0.6) is 0 Å². The molecule has 0 amide bonds. The Morgan fingerprint density at radius 3 is 2.84 bits per heavy atom. The molecule has 0 saturated carbocycles. The number of ether oxygens (including phenoxy) is 1. The second-order valence-electron chi connectivity index (χ2n) is 5.99. The summed E-state index contributed by atoms with van der Waals surface area (Å²) in [6.07, 6.45) is 7.13. The molecule has 2 N–H and O–H groups in total. The SMILES string of the molecule is CCc1c(S(=O)(=O)NCC2C=CC(OC)=CC2)[nH]c2ccc(Cl)cc12. The molecule has 1 aliphatic rings. The van der Waals surface area contributed by atoms with Crippen LogP contribution in [0.15, 0.2) is 47.2 Å². The molecular formula is C18H21ClN2O3S. The van der Waals surface area contributed by atoms with E-state index in [1.807, 2.05) is 25.2 Å². The minimum atomic E-state index is -3.63. The fourth-order valence-corrected chi connectivity index (χ4v) is 4.59. The fraction of sp³-hybridized carbons (Fsp3) is 0.333. The molecule has 0 fully saturated rings. The maximum Gasteiger partial charge on any atom is 0.256 e. The van der Waals surface area contributed by atoms with Gasteiger partial charge in [-0.3, -0.25) is 0 Å². The van der Waals surface area contributed by atoms with Crippen LogP contribution < -0.4 is 4.72 Å². The predicted molar refractivity (Wildman–Crippen MR) is 100 cm³/mol. The van der Waals surface area contributed by atoms with Crippen molar-refractivity contribution >= 4 is 32.5 Å². The molecule has 7 heteroatoms. The van der Waals surface area contributed by atoms with Crippen LogP contribution in [-0.2, 0) is 21.2 Å². The summed E-state index contributed by atoms with van der Waals surface area (Å²) in [5.41, 5.74) is 1.53. The number of methoxy groups -OCH3 is 1. The molecule has 2 aromatic rings. The van der Waals surface area contributed by atoms with Gasteiger partial charge in [0.2, 0.25) is 0 Å². The first-order valence-corrected chi connectivity index (χ1v) is 10.0. The van der Waals surface area contributed by atoms with Crippen LogP contribution in [0, 0.1) is 5.92 Å². The van der Waals surface area contributed by atoms with Crippen LogP contribution in [0.25, 0.3) is 10.9 Å². The molecule has 1 unspecified atom stereocenters. The van der Waals surface area contributed by atoms with Gasteiger partial charge in [-0.25, -0.2) is 13.1 Å². The smallest absolute Gasteiger partial charge is 0.256 e. The van der Waals surface area contributed by atoms with E-state index in [0.29, 0.717) is 18.0 Å². The molecule has 0 aliphatic heterocycles. The summed E-state index contributed by atoms with van der Waals surface area (Å²) < 4.78 is 33.4. The zero-order valence-electron chi connectivity index (χ0n) is 14.2. The van der Waals surface area contributed by atoms with E-state index in [-0.39, 0.29) is 10.9 Å². The zero-order chi connectivity index (χ0) is 18.0. The van der Waals surface area contributed by atoms with Crippen molar-refractivity contribution in [1.29, 1.82) is 0 Å². The summed E-state index contributed by atoms with van der Waals surface area (Å²) in [5, 5.41) is 1.66. The van der Waals surface area contributed by atoms with Gasteiger partial charge in [-0.05, 0) is 54.7 Å². The molecule has 25 heavy (non-hydrogen) atoms. The van der Waals surface area contributed by atoms with Gasteiger partial charge in [-0.1, -0.05) is 24.6 Å². The lowest BCUT2D eigenvalue weighted by atomic mass is 10.0. The van der Waals surface area contributed by atoms with E-state index in [4.69, 9.17) is 16.3 Å². The summed E-state index contributed by atoms with van der Waals surface area (Å²) in [4.78, 5) is 3.03. The van der Waals surface area contributed by atoms with Gasteiger partial charge in [0, 0.05) is 22.5 Å². The van der Waals surface area contributed by atoms with E-state index in [1.54, 1.807) is 25.3 Å². The number of fused-ring (bicyclic) bond motifs is 1. The second-order valence-corrected chi connectivity index (χ2v) is 8.13. The monoisotopic (exact) mass is 380 g/mol. The van der Waals surface area contributed by atoms with Crippen LogP contribution in [0.3, 0.4) is 0 Å². The molecule has 1 heterocycles.